The van der Waals surface area contributed by atoms with Gasteiger partial charge in [-0.15, -0.1) is 0 Å². The second-order valence-corrected chi connectivity index (χ2v) is 7.46. The zero-order valence-electron chi connectivity index (χ0n) is 18.7. The van der Waals surface area contributed by atoms with E-state index in [1.54, 1.807) is 18.2 Å². The molecule has 33 heavy (non-hydrogen) atoms. The quantitative estimate of drug-likeness (QED) is 0.457. The second kappa shape index (κ2) is 10.0. The summed E-state index contributed by atoms with van der Waals surface area (Å²) >= 11 is 0. The number of carbonyl (C=O) groups is 2. The van der Waals surface area contributed by atoms with E-state index in [2.05, 4.69) is 5.32 Å². The molecule has 0 bridgehead atoms. The monoisotopic (exact) mass is 442 g/mol. The number of nitrogens with zero attached hydrogens (tertiary/aromatic N) is 1. The highest BCUT2D eigenvalue weighted by atomic mass is 16.5. The normalized spacial score (nSPS) is 13.5. The van der Waals surface area contributed by atoms with Crippen LogP contribution in [0.3, 0.4) is 0 Å². The summed E-state index contributed by atoms with van der Waals surface area (Å²) in [5, 5.41) is 3.18. The fourth-order valence-electron chi connectivity index (χ4n) is 3.67. The number of hydrogen-bond acceptors (Lipinski definition) is 5. The van der Waals surface area contributed by atoms with E-state index >= 15 is 0 Å². The highest BCUT2D eigenvalue weighted by Gasteiger charge is 2.40. The summed E-state index contributed by atoms with van der Waals surface area (Å²) in [6, 6.07) is 23.6. The number of hydrogen-bond donors (Lipinski definition) is 1. The smallest absolute Gasteiger partial charge is 0.282 e. The van der Waals surface area contributed by atoms with Gasteiger partial charge < -0.3 is 14.8 Å². The van der Waals surface area contributed by atoms with Crippen LogP contribution in [0.25, 0.3) is 5.57 Å². The molecule has 168 valence electrons. The summed E-state index contributed by atoms with van der Waals surface area (Å²) in [4.78, 5) is 28.4. The van der Waals surface area contributed by atoms with Crippen molar-refractivity contribution in [2.45, 2.75) is 20.3 Å². The first-order valence-corrected chi connectivity index (χ1v) is 11.0. The Morgan fingerprint density at radius 3 is 2.33 bits per heavy atom. The van der Waals surface area contributed by atoms with Gasteiger partial charge in [0.15, 0.2) is 0 Å². The van der Waals surface area contributed by atoms with E-state index in [0.29, 0.717) is 47.2 Å². The summed E-state index contributed by atoms with van der Waals surface area (Å²) in [5.74, 6) is 0.390. The van der Waals surface area contributed by atoms with E-state index in [0.717, 1.165) is 6.42 Å². The topological polar surface area (TPSA) is 67.9 Å². The number of benzene rings is 3. The Balaban J connectivity index is 1.76. The molecule has 1 N–H and O–H groups in total. The number of rotatable bonds is 9. The predicted molar refractivity (Wildman–Crippen MR) is 129 cm³/mol. The van der Waals surface area contributed by atoms with E-state index in [1.165, 1.54) is 4.90 Å². The van der Waals surface area contributed by atoms with Gasteiger partial charge in [0.05, 0.1) is 30.2 Å². The van der Waals surface area contributed by atoms with E-state index < -0.39 is 11.8 Å². The van der Waals surface area contributed by atoms with Crippen LogP contribution in [0.5, 0.6) is 11.5 Å². The van der Waals surface area contributed by atoms with Crippen LogP contribution in [0.15, 0.2) is 84.6 Å². The third-order valence-electron chi connectivity index (χ3n) is 5.14. The van der Waals surface area contributed by atoms with Gasteiger partial charge >= 0.3 is 0 Å². The first-order valence-electron chi connectivity index (χ1n) is 11.0. The number of carbonyl (C=O) groups excluding carboxylic acids is 2. The van der Waals surface area contributed by atoms with Gasteiger partial charge in [0, 0.05) is 6.07 Å². The molecule has 3 aromatic carbocycles. The number of anilines is 2. The molecular weight excluding hydrogens is 416 g/mol. The molecule has 0 unspecified atom stereocenters. The summed E-state index contributed by atoms with van der Waals surface area (Å²) in [6.45, 7) is 4.95. The summed E-state index contributed by atoms with van der Waals surface area (Å²) in [6.07, 6.45) is 0.860. The number of amides is 2. The Morgan fingerprint density at radius 2 is 1.58 bits per heavy atom. The molecule has 0 atom stereocenters. The van der Waals surface area contributed by atoms with Crippen LogP contribution < -0.4 is 19.7 Å². The number of ether oxygens (including phenoxy) is 2. The molecule has 0 aromatic heterocycles. The van der Waals surface area contributed by atoms with Gasteiger partial charge in [0.1, 0.15) is 17.2 Å². The van der Waals surface area contributed by atoms with Crippen molar-refractivity contribution in [2.24, 2.45) is 0 Å². The first-order chi connectivity index (χ1) is 16.1. The van der Waals surface area contributed by atoms with Crippen LogP contribution in [0, 0.1) is 0 Å². The molecule has 0 fully saturated rings. The lowest BCUT2D eigenvalue weighted by atomic mass is 10.0. The summed E-state index contributed by atoms with van der Waals surface area (Å²) < 4.78 is 11.4. The molecule has 0 saturated heterocycles. The molecular formula is C27H26N2O4. The number of para-hydroxylation sites is 2. The number of imide groups is 1. The van der Waals surface area contributed by atoms with Crippen LogP contribution in [-0.2, 0) is 9.59 Å². The molecule has 0 saturated carbocycles. The van der Waals surface area contributed by atoms with Crippen molar-refractivity contribution in [1.29, 1.82) is 0 Å². The maximum absolute atomic E-state index is 13.6. The van der Waals surface area contributed by atoms with Crippen LogP contribution in [0.1, 0.15) is 25.8 Å². The van der Waals surface area contributed by atoms with Gasteiger partial charge in [-0.25, -0.2) is 4.90 Å². The average molecular weight is 443 g/mol. The van der Waals surface area contributed by atoms with Gasteiger partial charge in [-0.05, 0) is 43.2 Å². The van der Waals surface area contributed by atoms with Crippen molar-refractivity contribution in [2.75, 3.05) is 23.4 Å². The van der Waals surface area contributed by atoms with Crippen molar-refractivity contribution in [1.82, 2.24) is 0 Å². The molecule has 1 aliphatic rings. The second-order valence-electron chi connectivity index (χ2n) is 7.46. The first kappa shape index (κ1) is 22.1. The molecule has 6 nitrogen and oxygen atoms in total. The van der Waals surface area contributed by atoms with E-state index in [4.69, 9.17) is 9.47 Å². The lowest BCUT2D eigenvalue weighted by Crippen LogP contribution is -2.32. The Labute approximate surface area is 193 Å². The van der Waals surface area contributed by atoms with Gasteiger partial charge in [-0.3, -0.25) is 9.59 Å². The van der Waals surface area contributed by atoms with E-state index in [1.807, 2.05) is 74.5 Å². The van der Waals surface area contributed by atoms with Crippen LogP contribution in [0.4, 0.5) is 11.4 Å². The minimum atomic E-state index is -0.433. The van der Waals surface area contributed by atoms with Crippen molar-refractivity contribution in [3.8, 4) is 11.5 Å². The van der Waals surface area contributed by atoms with Crippen LogP contribution >= 0.6 is 0 Å². The van der Waals surface area contributed by atoms with Gasteiger partial charge in [0.25, 0.3) is 11.8 Å². The zero-order chi connectivity index (χ0) is 23.2. The summed E-state index contributed by atoms with van der Waals surface area (Å²) in [5.41, 5.74) is 2.26. The number of nitrogens with one attached hydrogen (secondary N) is 1. The van der Waals surface area contributed by atoms with Gasteiger partial charge in [-0.1, -0.05) is 55.5 Å². The predicted octanol–water partition coefficient (Wildman–Crippen LogP) is 5.27. The molecule has 0 radical (unpaired) electrons. The molecule has 0 aliphatic carbocycles. The van der Waals surface area contributed by atoms with E-state index in [9.17, 15) is 9.59 Å². The maximum atomic E-state index is 13.6. The zero-order valence-corrected chi connectivity index (χ0v) is 18.7. The Bertz CT molecular complexity index is 1190. The molecule has 2 amide bonds. The van der Waals surface area contributed by atoms with Crippen molar-refractivity contribution < 1.29 is 19.1 Å². The fraction of sp³-hybridized carbons (Fsp3) is 0.185. The van der Waals surface area contributed by atoms with E-state index in [-0.39, 0.29) is 5.70 Å². The standard InChI is InChI=1S/C27H26N2O4/c1-3-17-33-21-14-10-13-20(18-21)29-26(30)24(19-11-6-5-7-12-19)25(27(29)31)28-22-15-8-9-16-23(22)32-4-2/h5-16,18,28H,3-4,17H2,1-2H3. The van der Waals surface area contributed by atoms with Crippen LogP contribution in [-0.4, -0.2) is 25.0 Å². The van der Waals surface area contributed by atoms with Crippen molar-refractivity contribution >= 4 is 28.8 Å². The third-order valence-corrected chi connectivity index (χ3v) is 5.14. The largest absolute Gasteiger partial charge is 0.494 e. The Morgan fingerprint density at radius 1 is 0.818 bits per heavy atom. The van der Waals surface area contributed by atoms with Crippen LogP contribution in [0.2, 0.25) is 0 Å². The lowest BCUT2D eigenvalue weighted by molar-refractivity contribution is -0.120. The minimum absolute atomic E-state index is 0.207. The molecule has 1 aliphatic heterocycles. The molecule has 4 rings (SSSR count). The Kier molecular flexibility index (Phi) is 6.74. The van der Waals surface area contributed by atoms with Crippen molar-refractivity contribution in [3.05, 3.63) is 90.1 Å². The van der Waals surface area contributed by atoms with Gasteiger partial charge in [0.2, 0.25) is 0 Å². The fourth-order valence-corrected chi connectivity index (χ4v) is 3.67. The average Bonchev–Trinajstić information content (AvgIpc) is 3.09. The molecule has 0 spiro atoms. The molecule has 3 aromatic rings. The summed E-state index contributed by atoms with van der Waals surface area (Å²) in [7, 11) is 0. The van der Waals surface area contributed by atoms with Crippen molar-refractivity contribution in [3.63, 3.8) is 0 Å². The minimum Gasteiger partial charge on any atom is -0.494 e. The Hall–Kier alpha value is -4.06. The molecule has 1 heterocycles. The third kappa shape index (κ3) is 4.60. The van der Waals surface area contributed by atoms with Gasteiger partial charge in [-0.2, -0.15) is 0 Å². The lowest BCUT2D eigenvalue weighted by Gasteiger charge is -2.17. The molecule has 6 heteroatoms. The maximum Gasteiger partial charge on any atom is 0.282 e. The SMILES string of the molecule is CCCOc1cccc(N2C(=O)C(Nc3ccccc3OCC)=C(c3ccccc3)C2=O)c1. The highest BCUT2D eigenvalue weighted by Crippen LogP contribution is 2.36. The highest BCUT2D eigenvalue weighted by molar-refractivity contribution is 6.46.